The summed E-state index contributed by atoms with van der Waals surface area (Å²) in [6, 6.07) is 9.64. The molecule has 1 unspecified atom stereocenters. The van der Waals surface area contributed by atoms with E-state index in [0.29, 0.717) is 23.1 Å². The fourth-order valence-corrected chi connectivity index (χ4v) is 3.69. The number of guanidine groups is 1. The van der Waals surface area contributed by atoms with Gasteiger partial charge < -0.3 is 30.1 Å². The topological polar surface area (TPSA) is 91.2 Å². The van der Waals surface area contributed by atoms with E-state index >= 15 is 0 Å². The van der Waals surface area contributed by atoms with Crippen molar-refractivity contribution in [1.29, 1.82) is 0 Å². The van der Waals surface area contributed by atoms with Gasteiger partial charge in [-0.05, 0) is 43.2 Å². The molecular weight excluding hydrogens is 418 g/mol. The van der Waals surface area contributed by atoms with Crippen LogP contribution >= 0.6 is 11.6 Å². The molecule has 31 heavy (non-hydrogen) atoms. The molecule has 1 aliphatic heterocycles. The molecule has 1 fully saturated rings. The highest BCUT2D eigenvalue weighted by atomic mass is 35.5. The second-order valence-electron chi connectivity index (χ2n) is 7.14. The third kappa shape index (κ3) is 6.38. The minimum absolute atomic E-state index is 0.0436. The van der Waals surface area contributed by atoms with Crippen LogP contribution < -0.4 is 25.0 Å². The quantitative estimate of drug-likeness (QED) is 0.401. The Labute approximate surface area is 188 Å². The van der Waals surface area contributed by atoms with Crippen LogP contribution in [0.5, 0.6) is 11.5 Å². The van der Waals surface area contributed by atoms with Crippen LogP contribution in [0.3, 0.4) is 0 Å². The monoisotopic (exact) mass is 447 g/mol. The highest BCUT2D eigenvalue weighted by molar-refractivity contribution is 6.32. The lowest BCUT2D eigenvalue weighted by atomic mass is 10.2. The minimum Gasteiger partial charge on any atom is -0.493 e. The number of nitrogens with zero attached hydrogens (tertiary/aromatic N) is 3. The van der Waals surface area contributed by atoms with Crippen molar-refractivity contribution in [3.63, 3.8) is 0 Å². The number of methoxy groups -OCH3 is 1. The molecule has 2 aromatic rings. The highest BCUT2D eigenvalue weighted by Crippen LogP contribution is 2.28. The van der Waals surface area contributed by atoms with Gasteiger partial charge in [0.2, 0.25) is 0 Å². The lowest BCUT2D eigenvalue weighted by Crippen LogP contribution is -2.44. The summed E-state index contributed by atoms with van der Waals surface area (Å²) >= 11 is 6.30. The zero-order valence-corrected chi connectivity index (χ0v) is 18.7. The average Bonchev–Trinajstić information content (AvgIpc) is 3.25. The molecule has 3 rings (SSSR count). The number of hydrogen-bond acceptors (Lipinski definition) is 6. The van der Waals surface area contributed by atoms with E-state index in [4.69, 9.17) is 31.2 Å². The molecule has 0 aliphatic carbocycles. The van der Waals surface area contributed by atoms with Crippen LogP contribution in [0.2, 0.25) is 5.02 Å². The van der Waals surface area contributed by atoms with Crippen LogP contribution in [-0.2, 0) is 6.54 Å². The van der Waals surface area contributed by atoms with E-state index in [-0.39, 0.29) is 19.3 Å². The van der Waals surface area contributed by atoms with Crippen molar-refractivity contribution in [2.45, 2.75) is 25.9 Å². The molecule has 1 aromatic heterocycles. The maximum atomic E-state index is 8.94. The van der Waals surface area contributed by atoms with E-state index in [1.54, 1.807) is 13.3 Å². The van der Waals surface area contributed by atoms with Gasteiger partial charge in [0.15, 0.2) is 17.5 Å². The number of rotatable bonds is 9. The number of anilines is 1. The second-order valence-corrected chi connectivity index (χ2v) is 7.54. The number of hydrogen-bond donors (Lipinski definition) is 3. The van der Waals surface area contributed by atoms with E-state index in [1.165, 1.54) is 0 Å². The first-order valence-electron chi connectivity index (χ1n) is 10.5. The Balaban J connectivity index is 1.62. The van der Waals surface area contributed by atoms with Gasteiger partial charge in [-0.2, -0.15) is 0 Å². The number of aliphatic imine (C=N–C) groups is 1. The van der Waals surface area contributed by atoms with E-state index in [9.17, 15) is 0 Å². The summed E-state index contributed by atoms with van der Waals surface area (Å²) < 4.78 is 10.9. The summed E-state index contributed by atoms with van der Waals surface area (Å²) in [7, 11) is 1.60. The third-order valence-electron chi connectivity index (χ3n) is 4.91. The predicted octanol–water partition coefficient (Wildman–Crippen LogP) is 2.45. The van der Waals surface area contributed by atoms with Gasteiger partial charge in [-0.25, -0.2) is 9.98 Å². The van der Waals surface area contributed by atoms with Gasteiger partial charge in [0.05, 0.1) is 25.3 Å². The van der Waals surface area contributed by atoms with Crippen LogP contribution in [0.25, 0.3) is 0 Å². The maximum Gasteiger partial charge on any atom is 0.191 e. The number of ether oxygens (including phenoxy) is 2. The molecule has 8 nitrogen and oxygen atoms in total. The molecule has 0 bridgehead atoms. The zero-order chi connectivity index (χ0) is 22.1. The van der Waals surface area contributed by atoms with Gasteiger partial charge in [-0.1, -0.05) is 17.7 Å². The fraction of sp³-hybridized carbons (Fsp3) is 0.455. The maximum absolute atomic E-state index is 8.94. The smallest absolute Gasteiger partial charge is 0.191 e. The van der Waals surface area contributed by atoms with Gasteiger partial charge in [0.25, 0.3) is 0 Å². The molecule has 0 amide bonds. The van der Waals surface area contributed by atoms with Crippen LogP contribution in [0, 0.1) is 0 Å². The number of aliphatic hydroxyl groups excluding tert-OH is 1. The fourth-order valence-electron chi connectivity index (χ4n) is 3.45. The summed E-state index contributed by atoms with van der Waals surface area (Å²) in [6.45, 7) is 5.19. The molecule has 1 saturated heterocycles. The first-order valence-corrected chi connectivity index (χ1v) is 10.8. The summed E-state index contributed by atoms with van der Waals surface area (Å²) in [5.74, 6) is 2.82. The first-order chi connectivity index (χ1) is 15.1. The summed E-state index contributed by atoms with van der Waals surface area (Å²) in [4.78, 5) is 11.3. The molecule has 1 atom stereocenters. The van der Waals surface area contributed by atoms with Crippen molar-refractivity contribution in [3.8, 4) is 11.5 Å². The van der Waals surface area contributed by atoms with E-state index in [2.05, 4.69) is 20.5 Å². The predicted molar refractivity (Wildman–Crippen MR) is 123 cm³/mol. The largest absolute Gasteiger partial charge is 0.493 e. The average molecular weight is 448 g/mol. The van der Waals surface area contributed by atoms with Crippen LogP contribution in [-0.4, -0.2) is 62.0 Å². The van der Waals surface area contributed by atoms with Crippen molar-refractivity contribution in [2.75, 3.05) is 44.9 Å². The molecular formula is C22H30ClN5O3. The number of pyridine rings is 1. The van der Waals surface area contributed by atoms with Gasteiger partial charge in [-0.15, -0.1) is 0 Å². The Kier molecular flexibility index (Phi) is 8.61. The van der Waals surface area contributed by atoms with E-state index < -0.39 is 0 Å². The summed E-state index contributed by atoms with van der Waals surface area (Å²) in [6.07, 6.45) is 2.74. The van der Waals surface area contributed by atoms with E-state index in [1.807, 2.05) is 37.3 Å². The molecule has 0 spiro atoms. The molecule has 9 heteroatoms. The van der Waals surface area contributed by atoms with Crippen molar-refractivity contribution < 1.29 is 14.6 Å². The van der Waals surface area contributed by atoms with Crippen molar-refractivity contribution in [2.24, 2.45) is 4.99 Å². The Morgan fingerprint density at radius 1 is 1.35 bits per heavy atom. The van der Waals surface area contributed by atoms with Gasteiger partial charge >= 0.3 is 0 Å². The SMILES string of the molecule is CCNC(=NCc1ccc(OCCO)c(OC)c1)NC1CCN(c2ncccc2Cl)C1. The van der Waals surface area contributed by atoms with Gasteiger partial charge in [-0.3, -0.25) is 0 Å². The molecule has 0 saturated carbocycles. The Hall–Kier alpha value is -2.71. The number of halogens is 1. The summed E-state index contributed by atoms with van der Waals surface area (Å²) in [5, 5.41) is 16.4. The number of aliphatic hydroxyl groups is 1. The van der Waals surface area contributed by atoms with Gasteiger partial charge in [0, 0.05) is 31.9 Å². The van der Waals surface area contributed by atoms with Crippen LogP contribution in [0.1, 0.15) is 18.9 Å². The molecule has 3 N–H and O–H groups in total. The molecule has 1 aliphatic rings. The normalized spacial score (nSPS) is 16.3. The molecule has 0 radical (unpaired) electrons. The molecule has 2 heterocycles. The molecule has 1 aromatic carbocycles. The number of aromatic nitrogens is 1. The number of benzene rings is 1. The second kappa shape index (κ2) is 11.6. The Morgan fingerprint density at radius 2 is 2.23 bits per heavy atom. The van der Waals surface area contributed by atoms with Crippen LogP contribution in [0.4, 0.5) is 5.82 Å². The Bertz CT molecular complexity index is 880. The third-order valence-corrected chi connectivity index (χ3v) is 5.20. The van der Waals surface area contributed by atoms with E-state index in [0.717, 1.165) is 43.4 Å². The van der Waals surface area contributed by atoms with Crippen LogP contribution in [0.15, 0.2) is 41.5 Å². The van der Waals surface area contributed by atoms with Crippen molar-refractivity contribution >= 4 is 23.4 Å². The number of nitrogens with one attached hydrogen (secondary N) is 2. The van der Waals surface area contributed by atoms with Gasteiger partial charge in [0.1, 0.15) is 12.4 Å². The zero-order valence-electron chi connectivity index (χ0n) is 18.0. The molecule has 168 valence electrons. The van der Waals surface area contributed by atoms with Crippen molar-refractivity contribution in [3.05, 3.63) is 47.1 Å². The lowest BCUT2D eigenvalue weighted by Gasteiger charge is -2.20. The Morgan fingerprint density at radius 3 is 2.97 bits per heavy atom. The first kappa shape index (κ1) is 23.0. The van der Waals surface area contributed by atoms with Crippen molar-refractivity contribution in [1.82, 2.24) is 15.6 Å². The minimum atomic E-state index is -0.0436. The lowest BCUT2D eigenvalue weighted by molar-refractivity contribution is 0.196. The standard InChI is InChI=1S/C22H30ClN5O3/c1-3-24-22(26-14-16-6-7-19(31-12-11-29)20(13-16)30-2)27-17-8-10-28(15-17)21-18(23)5-4-9-25-21/h4-7,9,13,17,29H,3,8,10-12,14-15H2,1-2H3,(H2,24,26,27). The highest BCUT2D eigenvalue weighted by Gasteiger charge is 2.25. The summed E-state index contributed by atoms with van der Waals surface area (Å²) in [5.41, 5.74) is 0.999.